The van der Waals surface area contributed by atoms with Gasteiger partial charge < -0.3 is 15.3 Å². The Morgan fingerprint density at radius 3 is 1.63 bits per heavy atom. The average molecular weight is 721 g/mol. The third kappa shape index (κ3) is 10.3. The molecule has 0 saturated heterocycles. The Hall–Kier alpha value is -3.47. The van der Waals surface area contributed by atoms with Gasteiger partial charge >= 0.3 is 5.97 Å². The number of benzene rings is 4. The lowest BCUT2D eigenvalue weighted by molar-refractivity contribution is -0.136. The molecule has 226 valence electrons. The van der Waals surface area contributed by atoms with Gasteiger partial charge in [-0.1, -0.05) is 60.7 Å². The molecule has 0 unspecified atom stereocenters. The van der Waals surface area contributed by atoms with Crippen LogP contribution < -0.4 is 5.32 Å². The average Bonchev–Trinajstić information content (AvgIpc) is 3.65. The molecule has 0 atom stereocenters. The Balaban J connectivity index is 0.000000187. The Kier molecular flexibility index (Phi) is 12.8. The maximum absolute atomic E-state index is 13.5. The third-order valence-corrected chi connectivity index (χ3v) is 7.91. The normalized spacial score (nSPS) is 12.7. The van der Waals surface area contributed by atoms with Gasteiger partial charge in [-0.2, -0.15) is 0 Å². The second kappa shape index (κ2) is 17.0. The molecule has 4 aromatic carbocycles. The van der Waals surface area contributed by atoms with Crippen molar-refractivity contribution in [3.8, 4) is 0 Å². The Morgan fingerprint density at radius 1 is 0.791 bits per heavy atom. The fourth-order valence-corrected chi connectivity index (χ4v) is 5.00. The van der Waals surface area contributed by atoms with Crippen LogP contribution >= 0.6 is 31.9 Å². The van der Waals surface area contributed by atoms with Gasteiger partial charge in [0.1, 0.15) is 11.6 Å². The zero-order valence-electron chi connectivity index (χ0n) is 24.1. The zero-order chi connectivity index (χ0) is 32.1. The fraction of sp³-hybridized carbons (Fsp3) is 0.212. The summed E-state index contributed by atoms with van der Waals surface area (Å²) < 4.78 is 42.5. The van der Waals surface area contributed by atoms with Gasteiger partial charge in [0.15, 0.2) is 0 Å². The summed E-state index contributed by atoms with van der Waals surface area (Å²) in [4.78, 5) is 24.3. The van der Waals surface area contributed by atoms with E-state index in [2.05, 4.69) is 61.4 Å². The summed E-state index contributed by atoms with van der Waals surface area (Å²) in [6.07, 6.45) is 0.0857. The molecule has 0 fully saturated rings. The van der Waals surface area contributed by atoms with Gasteiger partial charge in [-0.15, -0.1) is 0 Å². The first-order valence-electron chi connectivity index (χ1n) is 13.9. The zero-order valence-corrected chi connectivity index (χ0v) is 26.3. The van der Waals surface area contributed by atoms with E-state index in [1.54, 1.807) is 18.2 Å². The minimum Gasteiger partial charge on any atom is -0.481 e. The SMILES string of the molecule is O=C(Cc1ccc(Br)c(F)c1)N1Cc2ccccc2C1.O=C(O)Cc1ccc(Br)c(F)c1.[2H]CF.c1ccc2c(c1)CNC2. The molecule has 2 N–H and O–H groups in total. The van der Waals surface area contributed by atoms with E-state index in [1.165, 1.54) is 40.5 Å². The maximum atomic E-state index is 13.5. The summed E-state index contributed by atoms with van der Waals surface area (Å²) in [5, 5.41) is 11.7. The molecule has 0 aliphatic carbocycles. The van der Waals surface area contributed by atoms with Gasteiger partial charge in [-0.3, -0.25) is 14.0 Å². The van der Waals surface area contributed by atoms with Crippen LogP contribution in [0.5, 0.6) is 0 Å². The first-order chi connectivity index (χ1) is 21.1. The molecule has 2 aliphatic rings. The van der Waals surface area contributed by atoms with Crippen molar-refractivity contribution in [2.24, 2.45) is 0 Å². The standard InChI is InChI=1S/C16H13BrFNO.C8H6BrFO2.C8H9N.CH3F/c17-14-6-5-11(7-15(14)18)8-16(20)19-9-12-3-1-2-4-13(12)10-19;9-6-2-1-5(3-7(6)10)4-8(11)12;1-2-4-8-6-9-5-7(8)3-1;1-2/h1-7H,8-10H2;1-3H,4H2,(H,11,12);1-4,9H,5-6H2;1H3/i;;;1D. The van der Waals surface area contributed by atoms with Crippen molar-refractivity contribution >= 4 is 43.7 Å². The lowest BCUT2D eigenvalue weighted by Crippen LogP contribution is -2.26. The first-order valence-corrected chi connectivity index (χ1v) is 14.8. The van der Waals surface area contributed by atoms with Gasteiger partial charge in [0.05, 0.1) is 30.3 Å². The van der Waals surface area contributed by atoms with E-state index in [0.29, 0.717) is 33.2 Å². The van der Waals surface area contributed by atoms with Crippen LogP contribution in [0.15, 0.2) is 93.9 Å². The Bertz CT molecular complexity index is 1530. The van der Waals surface area contributed by atoms with Crippen LogP contribution in [-0.4, -0.2) is 29.0 Å². The number of carboxylic acids is 1. The second-order valence-corrected chi connectivity index (χ2v) is 11.3. The summed E-state index contributed by atoms with van der Waals surface area (Å²) in [6, 6.07) is 25.7. The molecule has 43 heavy (non-hydrogen) atoms. The lowest BCUT2D eigenvalue weighted by atomic mass is 10.1. The maximum Gasteiger partial charge on any atom is 0.307 e. The number of rotatable bonds is 4. The third-order valence-electron chi connectivity index (χ3n) is 6.62. The highest BCUT2D eigenvalue weighted by atomic mass is 79.9. The molecule has 0 saturated carbocycles. The van der Waals surface area contributed by atoms with E-state index in [-0.39, 0.29) is 24.6 Å². The monoisotopic (exact) mass is 719 g/mol. The lowest BCUT2D eigenvalue weighted by Gasteiger charge is -2.15. The number of halogens is 5. The number of carbonyl (C=O) groups is 2. The molecule has 2 heterocycles. The molecule has 4 aromatic rings. The number of aliphatic carboxylic acids is 1. The summed E-state index contributed by atoms with van der Waals surface area (Å²) in [5.41, 5.74) is 6.47. The van der Waals surface area contributed by atoms with Crippen molar-refractivity contribution in [2.75, 3.05) is 7.15 Å². The summed E-state index contributed by atoms with van der Waals surface area (Å²) >= 11 is 6.08. The molecule has 10 heteroatoms. The molecule has 0 bridgehead atoms. The molecular weight excluding hydrogens is 689 g/mol. The van der Waals surface area contributed by atoms with Gasteiger partial charge in [-0.25, -0.2) is 8.78 Å². The Morgan fingerprint density at radius 2 is 1.21 bits per heavy atom. The molecule has 2 aliphatic heterocycles. The van der Waals surface area contributed by atoms with Crippen molar-refractivity contribution in [1.29, 1.82) is 0 Å². The van der Waals surface area contributed by atoms with Crippen LogP contribution in [0.2, 0.25) is 0 Å². The van der Waals surface area contributed by atoms with Crippen LogP contribution in [-0.2, 0) is 48.6 Å². The van der Waals surface area contributed by atoms with Crippen LogP contribution in [0.4, 0.5) is 13.2 Å². The fourth-order valence-electron chi connectivity index (χ4n) is 4.50. The van der Waals surface area contributed by atoms with Crippen molar-refractivity contribution in [3.63, 3.8) is 0 Å². The molecule has 6 rings (SSSR count). The summed E-state index contributed by atoms with van der Waals surface area (Å²) in [7, 11) is -1.00. The van der Waals surface area contributed by atoms with E-state index < -0.39 is 18.9 Å². The van der Waals surface area contributed by atoms with Crippen LogP contribution in [0.3, 0.4) is 0 Å². The van der Waals surface area contributed by atoms with E-state index in [0.717, 1.165) is 13.1 Å². The van der Waals surface area contributed by atoms with Crippen LogP contribution in [0, 0.1) is 11.6 Å². The van der Waals surface area contributed by atoms with E-state index in [1.807, 2.05) is 29.2 Å². The number of hydrogen-bond acceptors (Lipinski definition) is 3. The summed E-state index contributed by atoms with van der Waals surface area (Å²) in [5.74, 6) is -1.70. The number of carbonyl (C=O) groups excluding carboxylic acids is 1. The van der Waals surface area contributed by atoms with Crippen molar-refractivity contribution in [1.82, 2.24) is 10.2 Å². The number of fused-ring (bicyclic) bond motifs is 2. The second-order valence-electron chi connectivity index (χ2n) is 9.63. The highest BCUT2D eigenvalue weighted by molar-refractivity contribution is 9.10. The topological polar surface area (TPSA) is 69.6 Å². The van der Waals surface area contributed by atoms with E-state index in [9.17, 15) is 22.8 Å². The minimum atomic E-state index is -1.00. The number of alkyl halides is 1. The number of hydrogen-bond donors (Lipinski definition) is 2. The predicted molar refractivity (Wildman–Crippen MR) is 168 cm³/mol. The Labute approximate surface area is 267 Å². The number of amides is 1. The van der Waals surface area contributed by atoms with Crippen LogP contribution in [0.25, 0.3) is 0 Å². The highest BCUT2D eigenvalue weighted by Gasteiger charge is 2.23. The van der Waals surface area contributed by atoms with E-state index >= 15 is 0 Å². The van der Waals surface area contributed by atoms with Crippen molar-refractivity contribution in [3.05, 3.63) is 139 Å². The smallest absolute Gasteiger partial charge is 0.307 e. The van der Waals surface area contributed by atoms with Gasteiger partial charge in [0.25, 0.3) is 0 Å². The molecule has 0 spiro atoms. The summed E-state index contributed by atoms with van der Waals surface area (Å²) in [6.45, 7) is 3.40. The van der Waals surface area contributed by atoms with Gasteiger partial charge in [0.2, 0.25) is 5.91 Å². The largest absolute Gasteiger partial charge is 0.481 e. The van der Waals surface area contributed by atoms with Gasteiger partial charge in [0, 0.05) is 26.2 Å². The van der Waals surface area contributed by atoms with Crippen LogP contribution in [0.1, 0.15) is 34.8 Å². The number of carboxylic acid groups (broad SMARTS) is 1. The van der Waals surface area contributed by atoms with Gasteiger partial charge in [-0.05, 0) is 89.5 Å². The molecule has 0 aromatic heterocycles. The molecule has 1 amide bonds. The molecule has 0 radical (unpaired) electrons. The number of nitrogens with one attached hydrogen (secondary N) is 1. The highest BCUT2D eigenvalue weighted by Crippen LogP contribution is 2.24. The van der Waals surface area contributed by atoms with Crippen molar-refractivity contribution < 1.29 is 29.2 Å². The minimum absolute atomic E-state index is 0.0305. The molecular formula is C33H31Br2F3N2O3. The van der Waals surface area contributed by atoms with E-state index in [4.69, 9.17) is 6.48 Å². The predicted octanol–water partition coefficient (Wildman–Crippen LogP) is 7.76. The number of nitrogens with zero attached hydrogens (tertiary/aromatic N) is 1. The first kappa shape index (κ1) is 32.4. The quantitative estimate of drug-likeness (QED) is 0.226. The molecule has 5 nitrogen and oxygen atoms in total. The van der Waals surface area contributed by atoms with Crippen molar-refractivity contribution in [2.45, 2.75) is 39.0 Å².